The monoisotopic (exact) mass is 472 g/mol. The van der Waals surface area contributed by atoms with E-state index in [1.165, 1.54) is 54.6 Å². The molecule has 4 aromatic heterocycles. The Bertz CT molecular complexity index is 2310. The number of rotatable bonds is 2. The summed E-state index contributed by atoms with van der Waals surface area (Å²) in [5.74, 6) is 0. The lowest BCUT2D eigenvalue weighted by Gasteiger charge is -2.07. The van der Waals surface area contributed by atoms with Gasteiger partial charge in [-0.1, -0.05) is 66.7 Å². The van der Waals surface area contributed by atoms with Crippen molar-refractivity contribution in [3.63, 3.8) is 0 Å². The van der Waals surface area contributed by atoms with Crippen molar-refractivity contribution in [1.82, 2.24) is 19.4 Å². The highest BCUT2D eigenvalue weighted by atomic mass is 14.9. The first-order valence-corrected chi connectivity index (χ1v) is 12.6. The van der Waals surface area contributed by atoms with Crippen LogP contribution in [0.25, 0.3) is 82.4 Å². The molecule has 4 heteroatoms. The van der Waals surface area contributed by atoms with E-state index < -0.39 is 0 Å². The number of fused-ring (bicyclic) bond motifs is 8. The second-order valence-corrected chi connectivity index (χ2v) is 9.84. The summed E-state index contributed by atoms with van der Waals surface area (Å²) in [4.78, 5) is 11.4. The number of hydrogen-bond acceptors (Lipinski definition) is 1. The summed E-state index contributed by atoms with van der Waals surface area (Å²) < 4.78 is 2.43. The third kappa shape index (κ3) is 2.44. The topological polar surface area (TPSA) is 48.9 Å². The number of H-pyrrole nitrogens is 2. The Labute approximate surface area is 211 Å². The van der Waals surface area contributed by atoms with Crippen LogP contribution in [0.3, 0.4) is 0 Å². The van der Waals surface area contributed by atoms with Crippen molar-refractivity contribution in [2.24, 2.45) is 0 Å². The molecule has 0 radical (unpaired) electrons. The quantitative estimate of drug-likeness (QED) is 0.260. The van der Waals surface area contributed by atoms with Crippen molar-refractivity contribution in [3.8, 4) is 22.4 Å². The van der Waals surface area contributed by atoms with E-state index in [-0.39, 0.29) is 0 Å². The van der Waals surface area contributed by atoms with E-state index in [2.05, 4.69) is 122 Å². The lowest BCUT2D eigenvalue weighted by molar-refractivity contribution is 1.34. The van der Waals surface area contributed by atoms with Gasteiger partial charge in [-0.05, 0) is 42.0 Å². The maximum atomic E-state index is 4.40. The molecule has 0 fully saturated rings. The molecule has 9 rings (SSSR count). The summed E-state index contributed by atoms with van der Waals surface area (Å²) in [6.07, 6.45) is 1.75. The van der Waals surface area contributed by atoms with Crippen LogP contribution in [0.2, 0.25) is 0 Å². The van der Waals surface area contributed by atoms with Gasteiger partial charge in [0.25, 0.3) is 0 Å². The molecule has 0 amide bonds. The Kier molecular flexibility index (Phi) is 3.50. The number of imidazole rings is 1. The first kappa shape index (κ1) is 19.1. The molecule has 0 saturated heterocycles. The van der Waals surface area contributed by atoms with Crippen molar-refractivity contribution >= 4 is 60.0 Å². The van der Waals surface area contributed by atoms with Crippen LogP contribution in [0.1, 0.15) is 0 Å². The van der Waals surface area contributed by atoms with Crippen LogP contribution >= 0.6 is 0 Å². The Balaban J connectivity index is 1.38. The molecule has 0 spiro atoms. The molecule has 0 unspecified atom stereocenters. The normalized spacial score (nSPS) is 12.3. The number of aromatic amines is 2. The highest BCUT2D eigenvalue weighted by molar-refractivity contribution is 6.23. The molecule has 0 aliphatic rings. The summed E-state index contributed by atoms with van der Waals surface area (Å²) in [5, 5.41) is 6.42. The van der Waals surface area contributed by atoms with Crippen molar-refractivity contribution < 1.29 is 0 Å². The first-order valence-electron chi connectivity index (χ1n) is 12.6. The van der Waals surface area contributed by atoms with E-state index in [0.717, 1.165) is 27.8 Å². The lowest BCUT2D eigenvalue weighted by atomic mass is 9.96. The van der Waals surface area contributed by atoms with Gasteiger partial charge in [-0.3, -0.25) is 0 Å². The van der Waals surface area contributed by atoms with Crippen LogP contribution in [0.4, 0.5) is 0 Å². The first-order chi connectivity index (χ1) is 18.3. The third-order valence-electron chi connectivity index (χ3n) is 7.93. The predicted molar refractivity (Wildman–Crippen MR) is 153 cm³/mol. The Hall–Kier alpha value is -5.09. The van der Waals surface area contributed by atoms with Crippen LogP contribution in [-0.2, 0) is 0 Å². The Morgan fingerprint density at radius 1 is 0.568 bits per heavy atom. The standard InChI is InChI=1S/C33H20N4/c1-3-10-26-24(7-1)31(32(36-26)20-12-14-27-28(17-20)35-18-34-27)19-13-15-30-25(16-19)23-9-5-8-22-21-6-2-4-11-29(21)37(30)33(22)23/h1-18,36H,(H,34,35). The van der Waals surface area contributed by atoms with Crippen molar-refractivity contribution in [3.05, 3.63) is 109 Å². The number of nitrogens with one attached hydrogen (secondary N) is 2. The van der Waals surface area contributed by atoms with E-state index >= 15 is 0 Å². The van der Waals surface area contributed by atoms with Crippen molar-refractivity contribution in [2.45, 2.75) is 0 Å². The summed E-state index contributed by atoms with van der Waals surface area (Å²) >= 11 is 0. The molecule has 0 aliphatic carbocycles. The van der Waals surface area contributed by atoms with Crippen LogP contribution in [0.15, 0.2) is 109 Å². The molecular weight excluding hydrogens is 452 g/mol. The SMILES string of the molecule is c1ccc2c(-c3ccc4c(c3)c3cccc5c6ccccc6n4c53)c(-c3ccc4nc[nH]c4c3)[nH]c2c1. The molecule has 0 atom stereocenters. The van der Waals surface area contributed by atoms with E-state index in [1.807, 2.05) is 0 Å². The van der Waals surface area contributed by atoms with Crippen LogP contribution in [-0.4, -0.2) is 19.4 Å². The number of aromatic nitrogens is 4. The van der Waals surface area contributed by atoms with Gasteiger partial charge < -0.3 is 14.4 Å². The molecule has 0 bridgehead atoms. The van der Waals surface area contributed by atoms with Gasteiger partial charge in [-0.15, -0.1) is 0 Å². The van der Waals surface area contributed by atoms with Crippen molar-refractivity contribution in [2.75, 3.05) is 0 Å². The number of benzene rings is 5. The predicted octanol–water partition coefficient (Wildman–Crippen LogP) is 8.53. The van der Waals surface area contributed by atoms with Crippen LogP contribution < -0.4 is 0 Å². The molecule has 9 aromatic rings. The van der Waals surface area contributed by atoms with Gasteiger partial charge in [0.1, 0.15) is 0 Å². The van der Waals surface area contributed by atoms with Crippen LogP contribution in [0, 0.1) is 0 Å². The van der Waals surface area contributed by atoms with Gasteiger partial charge in [-0.25, -0.2) is 4.98 Å². The number of nitrogens with zero attached hydrogens (tertiary/aromatic N) is 2. The molecule has 0 aliphatic heterocycles. The van der Waals surface area contributed by atoms with Crippen LogP contribution in [0.5, 0.6) is 0 Å². The minimum Gasteiger partial charge on any atom is -0.354 e. The average Bonchev–Trinajstić information content (AvgIpc) is 3.71. The van der Waals surface area contributed by atoms with Gasteiger partial charge in [0, 0.05) is 43.6 Å². The minimum atomic E-state index is 0.973. The highest BCUT2D eigenvalue weighted by Gasteiger charge is 2.20. The fourth-order valence-corrected chi connectivity index (χ4v) is 6.34. The van der Waals surface area contributed by atoms with E-state index in [1.54, 1.807) is 6.33 Å². The highest BCUT2D eigenvalue weighted by Crippen LogP contribution is 2.43. The maximum absolute atomic E-state index is 4.40. The number of para-hydroxylation sites is 3. The van der Waals surface area contributed by atoms with E-state index in [0.29, 0.717) is 0 Å². The molecular formula is C33H20N4. The maximum Gasteiger partial charge on any atom is 0.0931 e. The third-order valence-corrected chi connectivity index (χ3v) is 7.93. The second kappa shape index (κ2) is 6.77. The van der Waals surface area contributed by atoms with E-state index in [4.69, 9.17) is 0 Å². The van der Waals surface area contributed by atoms with Gasteiger partial charge >= 0.3 is 0 Å². The van der Waals surface area contributed by atoms with Gasteiger partial charge in [0.05, 0.1) is 39.6 Å². The summed E-state index contributed by atoms with van der Waals surface area (Å²) in [6.45, 7) is 0. The zero-order valence-electron chi connectivity index (χ0n) is 19.8. The smallest absolute Gasteiger partial charge is 0.0931 e. The molecule has 5 aromatic carbocycles. The minimum absolute atomic E-state index is 0.973. The van der Waals surface area contributed by atoms with Gasteiger partial charge in [0.2, 0.25) is 0 Å². The van der Waals surface area contributed by atoms with E-state index in [9.17, 15) is 0 Å². The summed E-state index contributed by atoms with van der Waals surface area (Å²) in [5.41, 5.74) is 11.7. The number of hydrogen-bond donors (Lipinski definition) is 2. The average molecular weight is 473 g/mol. The molecule has 2 N–H and O–H groups in total. The van der Waals surface area contributed by atoms with Gasteiger partial charge in [0.15, 0.2) is 0 Å². The van der Waals surface area contributed by atoms with Crippen molar-refractivity contribution in [1.29, 1.82) is 0 Å². The molecule has 37 heavy (non-hydrogen) atoms. The summed E-state index contributed by atoms with van der Waals surface area (Å²) in [6, 6.07) is 37.3. The fourth-order valence-electron chi connectivity index (χ4n) is 6.34. The molecule has 0 saturated carbocycles. The largest absolute Gasteiger partial charge is 0.354 e. The molecule has 172 valence electrons. The lowest BCUT2D eigenvalue weighted by Crippen LogP contribution is -1.85. The second-order valence-electron chi connectivity index (χ2n) is 9.84. The molecule has 4 heterocycles. The zero-order chi connectivity index (χ0) is 24.1. The molecule has 4 nitrogen and oxygen atoms in total. The Morgan fingerprint density at radius 2 is 1.32 bits per heavy atom. The van der Waals surface area contributed by atoms with Gasteiger partial charge in [-0.2, -0.15) is 0 Å². The fraction of sp³-hybridized carbons (Fsp3) is 0. The zero-order valence-corrected chi connectivity index (χ0v) is 19.8. The Morgan fingerprint density at radius 3 is 2.27 bits per heavy atom. The summed E-state index contributed by atoms with van der Waals surface area (Å²) in [7, 11) is 0.